The lowest BCUT2D eigenvalue weighted by atomic mass is 10.2. The number of halogens is 1. The highest BCUT2D eigenvalue weighted by atomic mass is 32.2. The van der Waals surface area contributed by atoms with Gasteiger partial charge >= 0.3 is 0 Å². The number of aromatic nitrogens is 1. The quantitative estimate of drug-likeness (QED) is 0.890. The van der Waals surface area contributed by atoms with E-state index < -0.39 is 15.8 Å². The van der Waals surface area contributed by atoms with Crippen molar-refractivity contribution in [3.05, 3.63) is 53.6 Å². The van der Waals surface area contributed by atoms with Crippen LogP contribution in [0.2, 0.25) is 0 Å². The van der Waals surface area contributed by atoms with Gasteiger partial charge in [0.2, 0.25) is 10.0 Å². The first kappa shape index (κ1) is 12.8. The molecule has 0 saturated heterocycles. The monoisotopic (exact) mass is 268 g/mol. The van der Waals surface area contributed by atoms with Crippen molar-refractivity contribution in [3.63, 3.8) is 0 Å². The Hall–Kier alpha value is -1.66. The lowest BCUT2D eigenvalue weighted by molar-refractivity contribution is 0.578. The van der Waals surface area contributed by atoms with Crippen LogP contribution in [0.1, 0.15) is 11.3 Å². The number of H-pyrrole nitrogens is 1. The van der Waals surface area contributed by atoms with Crippen molar-refractivity contribution in [1.29, 1.82) is 0 Å². The van der Waals surface area contributed by atoms with Crippen molar-refractivity contribution in [3.8, 4) is 0 Å². The minimum atomic E-state index is -3.62. The maximum atomic E-state index is 12.9. The summed E-state index contributed by atoms with van der Waals surface area (Å²) in [5.74, 6) is -0.448. The fourth-order valence-corrected chi connectivity index (χ4v) is 2.87. The minimum absolute atomic E-state index is 0.0930. The van der Waals surface area contributed by atoms with E-state index in [4.69, 9.17) is 0 Å². The molecule has 0 amide bonds. The molecule has 6 heteroatoms. The van der Waals surface area contributed by atoms with Gasteiger partial charge in [-0.15, -0.1) is 0 Å². The zero-order valence-electron chi connectivity index (χ0n) is 9.77. The van der Waals surface area contributed by atoms with E-state index in [1.807, 2.05) is 0 Å². The second-order valence-electron chi connectivity index (χ2n) is 3.93. The molecule has 0 unspecified atom stereocenters. The summed E-state index contributed by atoms with van der Waals surface area (Å²) < 4.78 is 39.4. The molecule has 4 nitrogen and oxygen atoms in total. The summed E-state index contributed by atoms with van der Waals surface area (Å²) in [6.07, 6.45) is 1.72. The zero-order valence-corrected chi connectivity index (χ0v) is 10.6. The van der Waals surface area contributed by atoms with Crippen LogP contribution in [0.4, 0.5) is 4.39 Å². The molecule has 1 aromatic heterocycles. The van der Waals surface area contributed by atoms with Crippen molar-refractivity contribution in [2.45, 2.75) is 18.4 Å². The second kappa shape index (κ2) is 4.91. The largest absolute Gasteiger partial charge is 0.364 e. The number of benzene rings is 1. The van der Waals surface area contributed by atoms with Crippen LogP contribution in [0.3, 0.4) is 0 Å². The normalized spacial score (nSPS) is 11.7. The van der Waals surface area contributed by atoms with Crippen LogP contribution in [-0.4, -0.2) is 13.4 Å². The van der Waals surface area contributed by atoms with Gasteiger partial charge in [-0.3, -0.25) is 0 Å². The van der Waals surface area contributed by atoms with E-state index in [0.717, 1.165) is 11.8 Å². The lowest BCUT2D eigenvalue weighted by Gasteiger charge is -2.08. The fraction of sp³-hybridized carbons (Fsp3) is 0.167. The predicted molar refractivity (Wildman–Crippen MR) is 66.0 cm³/mol. The molecular formula is C12H13FN2O2S. The molecule has 96 valence electrons. The van der Waals surface area contributed by atoms with E-state index in [9.17, 15) is 12.8 Å². The molecular weight excluding hydrogens is 255 g/mol. The lowest BCUT2D eigenvalue weighted by Crippen LogP contribution is -2.24. The van der Waals surface area contributed by atoms with Gasteiger partial charge in [-0.1, -0.05) is 0 Å². The summed E-state index contributed by atoms with van der Waals surface area (Å²) in [6, 6.07) is 7.16. The van der Waals surface area contributed by atoms with E-state index in [0.29, 0.717) is 5.56 Å². The number of nitrogens with one attached hydrogen (secondary N) is 2. The molecule has 2 rings (SSSR count). The van der Waals surface area contributed by atoms with Crippen LogP contribution in [0.5, 0.6) is 0 Å². The average Bonchev–Trinajstić information content (AvgIpc) is 2.78. The average molecular weight is 268 g/mol. The van der Waals surface area contributed by atoms with Crippen LogP contribution in [0.25, 0.3) is 0 Å². The summed E-state index contributed by atoms with van der Waals surface area (Å²) in [7, 11) is -3.62. The van der Waals surface area contributed by atoms with Gasteiger partial charge in [0, 0.05) is 11.9 Å². The Kier molecular flexibility index (Phi) is 3.49. The molecule has 0 radical (unpaired) electrons. The number of aryl methyl sites for hydroxylation is 1. The van der Waals surface area contributed by atoms with Gasteiger partial charge in [-0.05, 0) is 42.8 Å². The Balaban J connectivity index is 2.20. The molecule has 0 bridgehead atoms. The van der Waals surface area contributed by atoms with Crippen molar-refractivity contribution < 1.29 is 12.8 Å². The van der Waals surface area contributed by atoms with Crippen molar-refractivity contribution in [1.82, 2.24) is 9.71 Å². The van der Waals surface area contributed by atoms with Gasteiger partial charge < -0.3 is 4.98 Å². The summed E-state index contributed by atoms with van der Waals surface area (Å²) >= 11 is 0. The van der Waals surface area contributed by atoms with Crippen LogP contribution < -0.4 is 4.72 Å². The summed E-state index contributed by atoms with van der Waals surface area (Å²) in [6.45, 7) is 1.73. The Morgan fingerprint density at radius 1 is 1.33 bits per heavy atom. The molecule has 0 atom stereocenters. The molecule has 1 heterocycles. The third-order valence-corrected chi connectivity index (χ3v) is 4.10. The van der Waals surface area contributed by atoms with E-state index in [-0.39, 0.29) is 11.4 Å². The maximum Gasteiger partial charge on any atom is 0.241 e. The van der Waals surface area contributed by atoms with Gasteiger partial charge in [0.25, 0.3) is 0 Å². The van der Waals surface area contributed by atoms with Crippen LogP contribution in [0, 0.1) is 12.7 Å². The molecule has 1 aromatic carbocycles. The standard InChI is InChI=1S/C12H13FN2O2S/c1-9-7-10(13)4-5-12(9)18(16,17)15-8-11-3-2-6-14-11/h2-7,14-15H,8H2,1H3. The molecule has 2 N–H and O–H groups in total. The van der Waals surface area contributed by atoms with Gasteiger partial charge in [0.1, 0.15) is 5.82 Å². The Bertz CT molecular complexity index is 636. The summed E-state index contributed by atoms with van der Waals surface area (Å²) in [4.78, 5) is 2.99. The number of rotatable bonds is 4. The van der Waals surface area contributed by atoms with Crippen molar-refractivity contribution in [2.75, 3.05) is 0 Å². The van der Waals surface area contributed by atoms with Gasteiger partial charge in [-0.25, -0.2) is 17.5 Å². The Morgan fingerprint density at radius 2 is 2.11 bits per heavy atom. The molecule has 2 aromatic rings. The van der Waals surface area contributed by atoms with Crippen molar-refractivity contribution in [2.24, 2.45) is 0 Å². The Morgan fingerprint density at radius 3 is 2.72 bits per heavy atom. The zero-order chi connectivity index (χ0) is 13.2. The third-order valence-electron chi connectivity index (χ3n) is 2.54. The van der Waals surface area contributed by atoms with Crippen LogP contribution in [0.15, 0.2) is 41.4 Å². The number of aromatic amines is 1. The maximum absolute atomic E-state index is 12.9. The minimum Gasteiger partial charge on any atom is -0.364 e. The van der Waals surface area contributed by atoms with Gasteiger partial charge in [0.05, 0.1) is 11.4 Å². The summed E-state index contributed by atoms with van der Waals surface area (Å²) in [5, 5.41) is 0. The molecule has 0 aliphatic carbocycles. The predicted octanol–water partition coefficient (Wildman–Crippen LogP) is 1.94. The highest BCUT2D eigenvalue weighted by Crippen LogP contribution is 2.16. The van der Waals surface area contributed by atoms with Gasteiger partial charge in [-0.2, -0.15) is 0 Å². The highest BCUT2D eigenvalue weighted by Gasteiger charge is 2.16. The summed E-state index contributed by atoms with van der Waals surface area (Å²) in [5.41, 5.74) is 1.15. The molecule has 0 fully saturated rings. The first-order valence-electron chi connectivity index (χ1n) is 5.37. The van der Waals surface area contributed by atoms with E-state index in [1.54, 1.807) is 25.3 Å². The molecule has 0 saturated carbocycles. The van der Waals surface area contributed by atoms with Crippen molar-refractivity contribution >= 4 is 10.0 Å². The number of hydrogen-bond donors (Lipinski definition) is 2. The van der Waals surface area contributed by atoms with E-state index in [2.05, 4.69) is 9.71 Å². The van der Waals surface area contributed by atoms with Gasteiger partial charge in [0.15, 0.2) is 0 Å². The molecule has 18 heavy (non-hydrogen) atoms. The fourth-order valence-electron chi connectivity index (χ4n) is 1.64. The van der Waals surface area contributed by atoms with Crippen LogP contribution in [-0.2, 0) is 16.6 Å². The Labute approximate surface area is 105 Å². The SMILES string of the molecule is Cc1cc(F)ccc1S(=O)(=O)NCc1ccc[nH]1. The van der Waals surface area contributed by atoms with E-state index in [1.165, 1.54) is 12.1 Å². The highest BCUT2D eigenvalue weighted by molar-refractivity contribution is 7.89. The topological polar surface area (TPSA) is 62.0 Å². The first-order valence-corrected chi connectivity index (χ1v) is 6.85. The number of hydrogen-bond acceptors (Lipinski definition) is 2. The number of sulfonamides is 1. The molecule has 0 aliphatic heterocycles. The van der Waals surface area contributed by atoms with Crippen LogP contribution >= 0.6 is 0 Å². The molecule has 0 aliphatic rings. The smallest absolute Gasteiger partial charge is 0.241 e. The molecule has 0 spiro atoms. The first-order chi connectivity index (χ1) is 8.49. The second-order valence-corrected chi connectivity index (χ2v) is 5.67. The third kappa shape index (κ3) is 2.77. The van der Waals surface area contributed by atoms with E-state index >= 15 is 0 Å².